The van der Waals surface area contributed by atoms with E-state index in [4.69, 9.17) is 5.26 Å². The van der Waals surface area contributed by atoms with E-state index >= 15 is 0 Å². The first-order valence-corrected chi connectivity index (χ1v) is 7.21. The van der Waals surface area contributed by atoms with Gasteiger partial charge in [-0.25, -0.2) is 0 Å². The maximum atomic E-state index is 9.06. The molecule has 19 heavy (non-hydrogen) atoms. The fourth-order valence-electron chi connectivity index (χ4n) is 2.87. The molecule has 2 rings (SSSR count). The van der Waals surface area contributed by atoms with Crippen molar-refractivity contribution < 1.29 is 0 Å². The van der Waals surface area contributed by atoms with E-state index in [2.05, 4.69) is 50.2 Å². The average Bonchev–Trinajstić information content (AvgIpc) is 2.43. The van der Waals surface area contributed by atoms with Crippen molar-refractivity contribution in [3.05, 3.63) is 47.0 Å². The minimum absolute atomic E-state index is 0.525. The van der Waals surface area contributed by atoms with Crippen molar-refractivity contribution in [3.63, 3.8) is 0 Å². The molecule has 0 bridgehead atoms. The molecule has 0 unspecified atom stereocenters. The van der Waals surface area contributed by atoms with Crippen molar-refractivity contribution in [3.8, 4) is 6.07 Å². The lowest BCUT2D eigenvalue weighted by Gasteiger charge is -2.16. The zero-order chi connectivity index (χ0) is 13.7. The second-order valence-corrected chi connectivity index (χ2v) is 5.05. The number of nitriles is 1. The van der Waals surface area contributed by atoms with Gasteiger partial charge < -0.3 is 0 Å². The first-order valence-electron chi connectivity index (χ1n) is 7.21. The molecule has 0 saturated heterocycles. The second kappa shape index (κ2) is 6.38. The highest BCUT2D eigenvalue weighted by molar-refractivity contribution is 5.88. The van der Waals surface area contributed by atoms with Gasteiger partial charge in [-0.2, -0.15) is 5.26 Å². The van der Waals surface area contributed by atoms with Crippen LogP contribution in [-0.4, -0.2) is 0 Å². The molecule has 0 aromatic heterocycles. The van der Waals surface area contributed by atoms with E-state index in [1.165, 1.54) is 27.5 Å². The topological polar surface area (TPSA) is 23.8 Å². The number of hydrogen-bond acceptors (Lipinski definition) is 1. The highest BCUT2D eigenvalue weighted by Gasteiger charge is 2.11. The summed E-state index contributed by atoms with van der Waals surface area (Å²) in [7, 11) is 0. The summed E-state index contributed by atoms with van der Waals surface area (Å²) in [5, 5.41) is 11.7. The fourth-order valence-corrected chi connectivity index (χ4v) is 2.87. The molecule has 0 saturated carbocycles. The van der Waals surface area contributed by atoms with Gasteiger partial charge >= 0.3 is 0 Å². The predicted molar refractivity (Wildman–Crippen MR) is 81.3 cm³/mol. The van der Waals surface area contributed by atoms with E-state index in [-0.39, 0.29) is 0 Å². The van der Waals surface area contributed by atoms with Gasteiger partial charge in [-0.15, -0.1) is 0 Å². The Morgan fingerprint density at radius 1 is 1.00 bits per heavy atom. The van der Waals surface area contributed by atoms with Gasteiger partial charge in [-0.05, 0) is 46.4 Å². The number of nitrogens with zero attached hydrogens (tertiary/aromatic N) is 1. The van der Waals surface area contributed by atoms with Gasteiger partial charge in [0.2, 0.25) is 0 Å². The Morgan fingerprint density at radius 3 is 2.37 bits per heavy atom. The Labute approximate surface area is 115 Å². The number of fused-ring (bicyclic) bond motifs is 1. The maximum Gasteiger partial charge on any atom is 0.0669 e. The van der Waals surface area contributed by atoms with E-state index < -0.39 is 0 Å². The Hall–Kier alpha value is -1.81. The molecule has 2 aromatic rings. The smallest absolute Gasteiger partial charge is 0.0669 e. The summed E-state index contributed by atoms with van der Waals surface area (Å²) in [6.45, 7) is 4.43. The van der Waals surface area contributed by atoms with Gasteiger partial charge in [0.25, 0.3) is 0 Å². The van der Waals surface area contributed by atoms with Crippen LogP contribution in [0.5, 0.6) is 0 Å². The molecular weight excluding hydrogens is 230 g/mol. The maximum absolute atomic E-state index is 9.06. The van der Waals surface area contributed by atoms with Crippen molar-refractivity contribution in [2.24, 2.45) is 0 Å². The third kappa shape index (κ3) is 2.79. The zero-order valence-corrected chi connectivity index (χ0v) is 11.9. The molecule has 0 heterocycles. The fraction of sp³-hybridized carbons (Fsp3) is 0.389. The van der Waals surface area contributed by atoms with Gasteiger partial charge in [-0.3, -0.25) is 0 Å². The van der Waals surface area contributed by atoms with Crippen molar-refractivity contribution in [2.45, 2.75) is 46.0 Å². The summed E-state index contributed by atoms with van der Waals surface area (Å²) in [6.07, 6.45) is 4.99. The van der Waals surface area contributed by atoms with Crippen molar-refractivity contribution in [1.82, 2.24) is 0 Å². The minimum Gasteiger partial charge on any atom is -0.198 e. The second-order valence-electron chi connectivity index (χ2n) is 5.05. The summed E-state index contributed by atoms with van der Waals surface area (Å²) < 4.78 is 0. The Balaban J connectivity index is 2.71. The molecule has 0 radical (unpaired) electrons. The normalized spacial score (nSPS) is 10.6. The zero-order valence-electron chi connectivity index (χ0n) is 11.9. The molecule has 2 aromatic carbocycles. The molecule has 0 N–H and O–H groups in total. The van der Waals surface area contributed by atoms with Crippen molar-refractivity contribution in [1.29, 1.82) is 5.26 Å². The number of rotatable bonds is 5. The van der Waals surface area contributed by atoms with E-state index in [0.717, 1.165) is 25.7 Å². The lowest BCUT2D eigenvalue weighted by molar-refractivity contribution is 0.857. The van der Waals surface area contributed by atoms with E-state index in [1.54, 1.807) is 0 Å². The number of aryl methyl sites for hydroxylation is 1. The van der Waals surface area contributed by atoms with E-state index in [9.17, 15) is 0 Å². The van der Waals surface area contributed by atoms with Crippen LogP contribution in [0.2, 0.25) is 0 Å². The highest BCUT2D eigenvalue weighted by atomic mass is 14.2. The molecular formula is C18H21N. The van der Waals surface area contributed by atoms with Crippen LogP contribution in [-0.2, 0) is 19.3 Å². The van der Waals surface area contributed by atoms with E-state index in [1.807, 2.05) is 0 Å². The Morgan fingerprint density at radius 2 is 1.68 bits per heavy atom. The number of benzene rings is 2. The minimum atomic E-state index is 0.525. The monoisotopic (exact) mass is 251 g/mol. The van der Waals surface area contributed by atoms with Crippen LogP contribution in [0, 0.1) is 11.3 Å². The molecule has 98 valence electrons. The molecule has 0 spiro atoms. The Bertz CT molecular complexity index is 605. The van der Waals surface area contributed by atoms with Crippen LogP contribution in [0.3, 0.4) is 0 Å². The standard InChI is InChI=1S/C18H21N/c1-3-7-16-15(11-12-19)13-14-9-5-6-10-17(14)18(16)8-4-2/h5-6,9-10,13H,3-4,7-8,11H2,1-2H3. The van der Waals surface area contributed by atoms with Crippen LogP contribution < -0.4 is 0 Å². The molecule has 0 aliphatic heterocycles. The van der Waals surface area contributed by atoms with Gasteiger partial charge in [0.1, 0.15) is 0 Å². The van der Waals surface area contributed by atoms with Crippen LogP contribution >= 0.6 is 0 Å². The van der Waals surface area contributed by atoms with Crippen molar-refractivity contribution >= 4 is 10.8 Å². The predicted octanol–water partition coefficient (Wildman–Crippen LogP) is 4.81. The molecule has 1 heteroatoms. The lowest BCUT2D eigenvalue weighted by Crippen LogP contribution is -2.01. The summed E-state index contributed by atoms with van der Waals surface area (Å²) in [6, 6.07) is 13.1. The molecule has 0 aliphatic rings. The van der Waals surface area contributed by atoms with Gasteiger partial charge in [0, 0.05) is 0 Å². The molecule has 0 fully saturated rings. The van der Waals surface area contributed by atoms with Crippen LogP contribution in [0.1, 0.15) is 43.4 Å². The molecule has 0 amide bonds. The first kappa shape index (κ1) is 13.6. The van der Waals surface area contributed by atoms with Gasteiger partial charge in [0.15, 0.2) is 0 Å². The molecule has 0 atom stereocenters. The van der Waals surface area contributed by atoms with Gasteiger partial charge in [-0.1, -0.05) is 51.0 Å². The first-order chi connectivity index (χ1) is 9.31. The number of hydrogen-bond donors (Lipinski definition) is 0. The lowest BCUT2D eigenvalue weighted by atomic mass is 9.88. The highest BCUT2D eigenvalue weighted by Crippen LogP contribution is 2.28. The Kier molecular flexibility index (Phi) is 4.58. The summed E-state index contributed by atoms with van der Waals surface area (Å²) in [4.78, 5) is 0. The third-order valence-electron chi connectivity index (χ3n) is 3.64. The van der Waals surface area contributed by atoms with Crippen LogP contribution in [0.25, 0.3) is 10.8 Å². The van der Waals surface area contributed by atoms with E-state index in [0.29, 0.717) is 6.42 Å². The molecule has 1 nitrogen and oxygen atoms in total. The third-order valence-corrected chi connectivity index (χ3v) is 3.64. The largest absolute Gasteiger partial charge is 0.198 e. The summed E-state index contributed by atoms with van der Waals surface area (Å²) in [5.74, 6) is 0. The molecule has 0 aliphatic carbocycles. The van der Waals surface area contributed by atoms with Crippen molar-refractivity contribution in [2.75, 3.05) is 0 Å². The quantitative estimate of drug-likeness (QED) is 0.748. The van der Waals surface area contributed by atoms with Crippen LogP contribution in [0.4, 0.5) is 0 Å². The summed E-state index contributed by atoms with van der Waals surface area (Å²) in [5.41, 5.74) is 4.11. The van der Waals surface area contributed by atoms with Crippen LogP contribution in [0.15, 0.2) is 30.3 Å². The average molecular weight is 251 g/mol. The van der Waals surface area contributed by atoms with Gasteiger partial charge in [0.05, 0.1) is 12.5 Å². The summed E-state index contributed by atoms with van der Waals surface area (Å²) >= 11 is 0. The SMILES string of the molecule is CCCc1c(CC#N)cc2ccccc2c1CCC.